The predicted molar refractivity (Wildman–Crippen MR) is 89.8 cm³/mol. The predicted octanol–water partition coefficient (Wildman–Crippen LogP) is 2.58. The molecule has 0 saturated carbocycles. The van der Waals surface area contributed by atoms with Crippen molar-refractivity contribution in [2.45, 2.75) is 25.5 Å². The first-order chi connectivity index (χ1) is 11.3. The Labute approximate surface area is 135 Å². The van der Waals surface area contributed by atoms with Crippen molar-refractivity contribution in [3.05, 3.63) is 48.4 Å². The number of fused-ring (bicyclic) bond motifs is 1. The Morgan fingerprint density at radius 1 is 1.26 bits per heavy atom. The SMILES string of the molecule is OC1CCCN(Cc2c(-c3cccnc3)[nH]c3cccnc23)C1. The molecule has 3 aromatic rings. The number of rotatable bonds is 3. The quantitative estimate of drug-likeness (QED) is 0.780. The van der Waals surface area contributed by atoms with Crippen LogP contribution < -0.4 is 0 Å². The summed E-state index contributed by atoms with van der Waals surface area (Å²) in [5, 5.41) is 9.93. The lowest BCUT2D eigenvalue weighted by Crippen LogP contribution is -2.37. The third-order valence-electron chi connectivity index (χ3n) is 4.47. The highest BCUT2D eigenvalue weighted by molar-refractivity contribution is 5.87. The van der Waals surface area contributed by atoms with Gasteiger partial charge in [0, 0.05) is 42.8 Å². The summed E-state index contributed by atoms with van der Waals surface area (Å²) in [4.78, 5) is 14.6. The Bertz CT molecular complexity index is 799. The molecule has 0 aromatic carbocycles. The monoisotopic (exact) mass is 308 g/mol. The Morgan fingerprint density at radius 2 is 2.17 bits per heavy atom. The van der Waals surface area contributed by atoms with Gasteiger partial charge in [0.05, 0.1) is 22.8 Å². The Hall–Kier alpha value is -2.24. The topological polar surface area (TPSA) is 65.0 Å². The number of nitrogens with zero attached hydrogens (tertiary/aromatic N) is 3. The zero-order chi connectivity index (χ0) is 15.6. The van der Waals surface area contributed by atoms with Gasteiger partial charge in [-0.2, -0.15) is 0 Å². The van der Waals surface area contributed by atoms with Crippen molar-refractivity contribution in [3.63, 3.8) is 0 Å². The molecule has 4 rings (SSSR count). The molecule has 2 N–H and O–H groups in total. The molecule has 3 aromatic heterocycles. The van der Waals surface area contributed by atoms with E-state index in [0.29, 0.717) is 0 Å². The minimum absolute atomic E-state index is 0.219. The Balaban J connectivity index is 1.77. The fraction of sp³-hybridized carbons (Fsp3) is 0.333. The average Bonchev–Trinajstić information content (AvgIpc) is 2.95. The van der Waals surface area contributed by atoms with Gasteiger partial charge in [0.25, 0.3) is 0 Å². The fourth-order valence-electron chi connectivity index (χ4n) is 3.38. The molecule has 4 heterocycles. The molecule has 1 saturated heterocycles. The number of aliphatic hydroxyl groups excluding tert-OH is 1. The molecule has 1 aliphatic rings. The van der Waals surface area contributed by atoms with E-state index in [1.807, 2.05) is 24.5 Å². The Kier molecular flexibility index (Phi) is 3.81. The Morgan fingerprint density at radius 3 is 3.00 bits per heavy atom. The summed E-state index contributed by atoms with van der Waals surface area (Å²) in [6.07, 6.45) is 7.21. The van der Waals surface area contributed by atoms with Gasteiger partial charge in [-0.3, -0.25) is 14.9 Å². The first kappa shape index (κ1) is 14.4. The van der Waals surface area contributed by atoms with E-state index >= 15 is 0 Å². The molecule has 1 fully saturated rings. The number of nitrogens with one attached hydrogen (secondary N) is 1. The molecule has 0 radical (unpaired) electrons. The highest BCUT2D eigenvalue weighted by Gasteiger charge is 2.21. The molecule has 23 heavy (non-hydrogen) atoms. The summed E-state index contributed by atoms with van der Waals surface area (Å²) in [5.41, 5.74) is 5.37. The van der Waals surface area contributed by atoms with Crippen LogP contribution in [0.2, 0.25) is 0 Å². The highest BCUT2D eigenvalue weighted by Crippen LogP contribution is 2.30. The number of pyridine rings is 2. The number of likely N-dealkylation sites (tertiary alicyclic amines) is 1. The van der Waals surface area contributed by atoms with E-state index in [4.69, 9.17) is 0 Å². The van der Waals surface area contributed by atoms with Crippen LogP contribution in [-0.4, -0.2) is 44.2 Å². The van der Waals surface area contributed by atoms with Crippen molar-refractivity contribution in [2.24, 2.45) is 0 Å². The summed E-state index contributed by atoms with van der Waals surface area (Å²) >= 11 is 0. The standard InChI is InChI=1S/C18H20N4O/c23-14-5-3-9-22(11-14)12-15-17(13-4-1-7-19-10-13)21-16-6-2-8-20-18(15)16/h1-2,4,6-8,10,14,21,23H,3,5,9,11-12H2. The molecule has 1 aliphatic heterocycles. The summed E-state index contributed by atoms with van der Waals surface area (Å²) in [7, 11) is 0. The summed E-state index contributed by atoms with van der Waals surface area (Å²) in [5.74, 6) is 0. The number of hydrogen-bond donors (Lipinski definition) is 2. The van der Waals surface area contributed by atoms with Gasteiger partial charge in [-0.1, -0.05) is 0 Å². The molecule has 1 unspecified atom stereocenters. The second kappa shape index (κ2) is 6.10. The zero-order valence-corrected chi connectivity index (χ0v) is 12.9. The molecule has 5 nitrogen and oxygen atoms in total. The minimum Gasteiger partial charge on any atom is -0.392 e. The zero-order valence-electron chi connectivity index (χ0n) is 12.9. The first-order valence-corrected chi connectivity index (χ1v) is 8.07. The van der Waals surface area contributed by atoms with Crippen LogP contribution in [0, 0.1) is 0 Å². The summed E-state index contributed by atoms with van der Waals surface area (Å²) in [6.45, 7) is 2.54. The van der Waals surface area contributed by atoms with Gasteiger partial charge in [-0.15, -0.1) is 0 Å². The minimum atomic E-state index is -0.219. The van der Waals surface area contributed by atoms with Gasteiger partial charge in [-0.25, -0.2) is 0 Å². The third kappa shape index (κ3) is 2.85. The van der Waals surface area contributed by atoms with E-state index in [0.717, 1.165) is 54.8 Å². The molecule has 0 spiro atoms. The van der Waals surface area contributed by atoms with Gasteiger partial charge in [0.15, 0.2) is 0 Å². The van der Waals surface area contributed by atoms with Crippen LogP contribution in [0.15, 0.2) is 42.9 Å². The molecule has 0 bridgehead atoms. The third-order valence-corrected chi connectivity index (χ3v) is 4.47. The van der Waals surface area contributed by atoms with E-state index in [1.165, 1.54) is 5.56 Å². The first-order valence-electron chi connectivity index (χ1n) is 8.07. The molecule has 0 amide bonds. The molecular weight excluding hydrogens is 288 g/mol. The van der Waals surface area contributed by atoms with Crippen molar-refractivity contribution in [3.8, 4) is 11.3 Å². The van der Waals surface area contributed by atoms with Gasteiger partial charge < -0.3 is 10.1 Å². The number of hydrogen-bond acceptors (Lipinski definition) is 4. The van der Waals surface area contributed by atoms with Crippen molar-refractivity contribution < 1.29 is 5.11 Å². The summed E-state index contributed by atoms with van der Waals surface area (Å²) < 4.78 is 0. The number of aromatic amines is 1. The molecule has 5 heteroatoms. The molecular formula is C18H20N4O. The second-order valence-electron chi connectivity index (χ2n) is 6.15. The lowest BCUT2D eigenvalue weighted by atomic mass is 10.1. The van der Waals surface area contributed by atoms with E-state index in [1.54, 1.807) is 6.20 Å². The van der Waals surface area contributed by atoms with Crippen molar-refractivity contribution >= 4 is 11.0 Å². The highest BCUT2D eigenvalue weighted by atomic mass is 16.3. The van der Waals surface area contributed by atoms with Crippen LogP contribution >= 0.6 is 0 Å². The number of piperidine rings is 1. The van der Waals surface area contributed by atoms with Gasteiger partial charge in [0.2, 0.25) is 0 Å². The maximum atomic E-state index is 9.93. The van der Waals surface area contributed by atoms with Crippen LogP contribution in [0.1, 0.15) is 18.4 Å². The molecule has 118 valence electrons. The van der Waals surface area contributed by atoms with Gasteiger partial charge >= 0.3 is 0 Å². The maximum Gasteiger partial charge on any atom is 0.0930 e. The largest absolute Gasteiger partial charge is 0.392 e. The normalized spacial score (nSPS) is 19.3. The van der Waals surface area contributed by atoms with Crippen LogP contribution in [0.5, 0.6) is 0 Å². The van der Waals surface area contributed by atoms with E-state index in [9.17, 15) is 5.11 Å². The summed E-state index contributed by atoms with van der Waals surface area (Å²) in [6, 6.07) is 8.01. The van der Waals surface area contributed by atoms with Crippen LogP contribution in [0.4, 0.5) is 0 Å². The van der Waals surface area contributed by atoms with Crippen LogP contribution in [0.3, 0.4) is 0 Å². The smallest absolute Gasteiger partial charge is 0.0930 e. The van der Waals surface area contributed by atoms with Crippen molar-refractivity contribution in [1.82, 2.24) is 19.9 Å². The van der Waals surface area contributed by atoms with Crippen molar-refractivity contribution in [2.75, 3.05) is 13.1 Å². The van der Waals surface area contributed by atoms with Gasteiger partial charge in [0.1, 0.15) is 0 Å². The van der Waals surface area contributed by atoms with Crippen LogP contribution in [-0.2, 0) is 6.54 Å². The lowest BCUT2D eigenvalue weighted by Gasteiger charge is -2.30. The van der Waals surface area contributed by atoms with E-state index < -0.39 is 0 Å². The maximum absolute atomic E-state index is 9.93. The number of aromatic nitrogens is 3. The van der Waals surface area contributed by atoms with E-state index in [-0.39, 0.29) is 6.10 Å². The molecule has 1 atom stereocenters. The van der Waals surface area contributed by atoms with Gasteiger partial charge in [-0.05, 0) is 43.7 Å². The number of β-amino-alcohol motifs (C(OH)–C–C–N with tert-alkyl or cyclic N) is 1. The fourth-order valence-corrected chi connectivity index (χ4v) is 3.38. The second-order valence-corrected chi connectivity index (χ2v) is 6.15. The molecule has 0 aliphatic carbocycles. The van der Waals surface area contributed by atoms with Crippen molar-refractivity contribution in [1.29, 1.82) is 0 Å². The number of H-pyrrole nitrogens is 1. The van der Waals surface area contributed by atoms with Crippen LogP contribution in [0.25, 0.3) is 22.3 Å². The average molecular weight is 308 g/mol. The lowest BCUT2D eigenvalue weighted by molar-refractivity contribution is 0.0671. The van der Waals surface area contributed by atoms with E-state index in [2.05, 4.69) is 32.0 Å². The number of aliphatic hydroxyl groups is 1.